The van der Waals surface area contributed by atoms with Gasteiger partial charge in [0.25, 0.3) is 0 Å². The molecule has 2 rings (SSSR count). The molecule has 2 nitrogen and oxygen atoms in total. The number of benzene rings is 1. The Bertz CT molecular complexity index is 515. The first-order valence-electron chi connectivity index (χ1n) is 5.20. The number of nitrogens with zero attached hydrogens (tertiary/aromatic N) is 1. The Hall–Kier alpha value is -1.96. The van der Waals surface area contributed by atoms with Crippen LogP contribution in [0.25, 0.3) is 11.3 Å². The summed E-state index contributed by atoms with van der Waals surface area (Å²) in [5.74, 6) is 0. The van der Waals surface area contributed by atoms with Crippen molar-refractivity contribution in [2.24, 2.45) is 0 Å². The molecule has 80 valence electrons. The van der Waals surface area contributed by atoms with Crippen molar-refractivity contribution in [1.82, 2.24) is 4.98 Å². The summed E-state index contributed by atoms with van der Waals surface area (Å²) >= 11 is 0. The Labute approximate surface area is 95.0 Å². The number of carbonyl (C=O) groups excluding carboxylic acids is 1. The summed E-state index contributed by atoms with van der Waals surface area (Å²) in [6.45, 7) is 3.97. The SMILES string of the molecule is Cc1ccc(-c2nccc(C=O)c2C)cc1. The molecule has 0 radical (unpaired) electrons. The van der Waals surface area contributed by atoms with Gasteiger partial charge in [-0.25, -0.2) is 0 Å². The Balaban J connectivity index is 2.56. The largest absolute Gasteiger partial charge is 0.298 e. The predicted octanol–water partition coefficient (Wildman–Crippen LogP) is 3.18. The van der Waals surface area contributed by atoms with Gasteiger partial charge >= 0.3 is 0 Å². The van der Waals surface area contributed by atoms with E-state index in [4.69, 9.17) is 0 Å². The van der Waals surface area contributed by atoms with Crippen molar-refractivity contribution in [3.05, 3.63) is 53.2 Å². The number of carbonyl (C=O) groups is 1. The van der Waals surface area contributed by atoms with E-state index in [1.165, 1.54) is 5.56 Å². The molecule has 0 fully saturated rings. The first kappa shape index (κ1) is 10.6. The smallest absolute Gasteiger partial charge is 0.150 e. The molecule has 0 aliphatic carbocycles. The van der Waals surface area contributed by atoms with Crippen LogP contribution in [0.2, 0.25) is 0 Å². The zero-order chi connectivity index (χ0) is 11.5. The Kier molecular flexibility index (Phi) is 2.82. The summed E-state index contributed by atoms with van der Waals surface area (Å²) in [7, 11) is 0. The van der Waals surface area contributed by atoms with Crippen LogP contribution in [0.1, 0.15) is 21.5 Å². The van der Waals surface area contributed by atoms with E-state index in [0.29, 0.717) is 5.56 Å². The Morgan fingerprint density at radius 1 is 1.06 bits per heavy atom. The first-order chi connectivity index (χ1) is 7.72. The molecule has 0 amide bonds. The number of hydrogen-bond acceptors (Lipinski definition) is 2. The highest BCUT2D eigenvalue weighted by molar-refractivity contribution is 5.81. The third-order valence-corrected chi connectivity index (χ3v) is 2.70. The number of aryl methyl sites for hydroxylation is 1. The zero-order valence-corrected chi connectivity index (χ0v) is 9.40. The van der Waals surface area contributed by atoms with Crippen LogP contribution in [0.3, 0.4) is 0 Å². The molecular weight excluding hydrogens is 198 g/mol. The molecule has 0 N–H and O–H groups in total. The van der Waals surface area contributed by atoms with Gasteiger partial charge in [0.05, 0.1) is 5.69 Å². The van der Waals surface area contributed by atoms with Crippen LogP contribution >= 0.6 is 0 Å². The van der Waals surface area contributed by atoms with Gasteiger partial charge in [0.15, 0.2) is 0 Å². The molecule has 0 bridgehead atoms. The Morgan fingerprint density at radius 3 is 2.38 bits per heavy atom. The average molecular weight is 211 g/mol. The maximum Gasteiger partial charge on any atom is 0.150 e. The fraction of sp³-hybridized carbons (Fsp3) is 0.143. The molecule has 1 heterocycles. The second-order valence-electron chi connectivity index (χ2n) is 3.86. The van der Waals surface area contributed by atoms with Gasteiger partial charge < -0.3 is 0 Å². The van der Waals surface area contributed by atoms with Gasteiger partial charge in [0.1, 0.15) is 6.29 Å². The molecule has 0 spiro atoms. The van der Waals surface area contributed by atoms with E-state index in [9.17, 15) is 4.79 Å². The highest BCUT2D eigenvalue weighted by Gasteiger charge is 2.06. The normalized spacial score (nSPS) is 10.1. The monoisotopic (exact) mass is 211 g/mol. The summed E-state index contributed by atoms with van der Waals surface area (Å²) in [5.41, 5.74) is 4.77. The second kappa shape index (κ2) is 4.27. The quantitative estimate of drug-likeness (QED) is 0.714. The summed E-state index contributed by atoms with van der Waals surface area (Å²) in [5, 5.41) is 0. The lowest BCUT2D eigenvalue weighted by Crippen LogP contribution is -1.93. The second-order valence-corrected chi connectivity index (χ2v) is 3.86. The van der Waals surface area contributed by atoms with Crippen molar-refractivity contribution < 1.29 is 4.79 Å². The molecule has 0 aliphatic rings. The maximum atomic E-state index is 10.8. The van der Waals surface area contributed by atoms with Crippen molar-refractivity contribution >= 4 is 6.29 Å². The summed E-state index contributed by atoms with van der Waals surface area (Å²) in [6.07, 6.45) is 2.54. The minimum Gasteiger partial charge on any atom is -0.298 e. The predicted molar refractivity (Wildman–Crippen MR) is 64.5 cm³/mol. The third-order valence-electron chi connectivity index (χ3n) is 2.70. The summed E-state index contributed by atoms with van der Waals surface area (Å²) in [6, 6.07) is 9.88. The van der Waals surface area contributed by atoms with Gasteiger partial charge in [-0.2, -0.15) is 0 Å². The van der Waals surface area contributed by atoms with Crippen LogP contribution < -0.4 is 0 Å². The van der Waals surface area contributed by atoms with Crippen LogP contribution in [0.15, 0.2) is 36.5 Å². The van der Waals surface area contributed by atoms with Gasteiger partial charge in [-0.05, 0) is 25.5 Å². The van der Waals surface area contributed by atoms with Crippen molar-refractivity contribution in [2.75, 3.05) is 0 Å². The average Bonchev–Trinajstić information content (AvgIpc) is 2.31. The van der Waals surface area contributed by atoms with Crippen LogP contribution in [-0.4, -0.2) is 11.3 Å². The van der Waals surface area contributed by atoms with Crippen molar-refractivity contribution in [2.45, 2.75) is 13.8 Å². The van der Waals surface area contributed by atoms with E-state index < -0.39 is 0 Å². The van der Waals surface area contributed by atoms with Gasteiger partial charge in [-0.15, -0.1) is 0 Å². The molecular formula is C14H13NO. The molecule has 1 aromatic heterocycles. The van der Waals surface area contributed by atoms with Crippen molar-refractivity contribution in [1.29, 1.82) is 0 Å². The number of aromatic nitrogens is 1. The van der Waals surface area contributed by atoms with E-state index in [2.05, 4.69) is 4.98 Å². The van der Waals surface area contributed by atoms with Gasteiger partial charge in [0, 0.05) is 17.3 Å². The molecule has 2 aromatic rings. The minimum absolute atomic E-state index is 0.700. The molecule has 0 atom stereocenters. The number of aldehydes is 1. The summed E-state index contributed by atoms with van der Waals surface area (Å²) < 4.78 is 0. The molecule has 16 heavy (non-hydrogen) atoms. The maximum absolute atomic E-state index is 10.8. The van der Waals surface area contributed by atoms with E-state index >= 15 is 0 Å². The molecule has 1 aromatic carbocycles. The lowest BCUT2D eigenvalue weighted by molar-refractivity contribution is 0.112. The molecule has 0 saturated heterocycles. The lowest BCUT2D eigenvalue weighted by atomic mass is 10.0. The number of hydrogen-bond donors (Lipinski definition) is 0. The number of rotatable bonds is 2. The fourth-order valence-corrected chi connectivity index (χ4v) is 1.68. The van der Waals surface area contributed by atoms with E-state index in [1.807, 2.05) is 38.1 Å². The topological polar surface area (TPSA) is 30.0 Å². The van der Waals surface area contributed by atoms with Crippen LogP contribution in [0.5, 0.6) is 0 Å². The standard InChI is InChI=1S/C14H13NO/c1-10-3-5-12(6-4-10)14-11(2)13(9-16)7-8-15-14/h3-9H,1-2H3. The van der Waals surface area contributed by atoms with Gasteiger partial charge in [-0.1, -0.05) is 29.8 Å². The lowest BCUT2D eigenvalue weighted by Gasteiger charge is -2.06. The fourth-order valence-electron chi connectivity index (χ4n) is 1.68. The molecule has 2 heteroatoms. The molecule has 0 unspecified atom stereocenters. The zero-order valence-electron chi connectivity index (χ0n) is 9.40. The van der Waals surface area contributed by atoms with E-state index in [1.54, 1.807) is 12.3 Å². The van der Waals surface area contributed by atoms with Gasteiger partial charge in [-0.3, -0.25) is 9.78 Å². The first-order valence-corrected chi connectivity index (χ1v) is 5.20. The highest BCUT2D eigenvalue weighted by atomic mass is 16.1. The minimum atomic E-state index is 0.700. The van der Waals surface area contributed by atoms with Crippen molar-refractivity contribution in [3.63, 3.8) is 0 Å². The van der Waals surface area contributed by atoms with Crippen LogP contribution in [0.4, 0.5) is 0 Å². The van der Waals surface area contributed by atoms with Crippen molar-refractivity contribution in [3.8, 4) is 11.3 Å². The summed E-state index contributed by atoms with van der Waals surface area (Å²) in [4.78, 5) is 15.2. The number of pyridine rings is 1. The van der Waals surface area contributed by atoms with Crippen LogP contribution in [0, 0.1) is 13.8 Å². The Morgan fingerprint density at radius 2 is 1.75 bits per heavy atom. The highest BCUT2D eigenvalue weighted by Crippen LogP contribution is 2.22. The third kappa shape index (κ3) is 1.87. The van der Waals surface area contributed by atoms with Crippen LogP contribution in [-0.2, 0) is 0 Å². The van der Waals surface area contributed by atoms with Gasteiger partial charge in [0.2, 0.25) is 0 Å². The molecule has 0 aliphatic heterocycles. The van der Waals surface area contributed by atoms with E-state index in [0.717, 1.165) is 23.1 Å². The molecule has 0 saturated carbocycles. The van der Waals surface area contributed by atoms with E-state index in [-0.39, 0.29) is 0 Å².